The van der Waals surface area contributed by atoms with Crippen LogP contribution in [0.2, 0.25) is 5.02 Å². The highest BCUT2D eigenvalue weighted by Gasteiger charge is 2.32. The summed E-state index contributed by atoms with van der Waals surface area (Å²) in [5.74, 6) is -0.382. The molecule has 1 fully saturated rings. The van der Waals surface area contributed by atoms with Crippen molar-refractivity contribution in [3.05, 3.63) is 34.9 Å². The van der Waals surface area contributed by atoms with Crippen molar-refractivity contribution in [2.75, 3.05) is 13.1 Å². The Morgan fingerprint density at radius 3 is 2.67 bits per heavy atom. The number of carbonyl (C=O) groups is 1. The van der Waals surface area contributed by atoms with E-state index in [4.69, 9.17) is 11.6 Å². The number of halogens is 1. The van der Waals surface area contributed by atoms with Gasteiger partial charge in [0.1, 0.15) is 0 Å². The minimum atomic E-state index is -3.44. The van der Waals surface area contributed by atoms with E-state index in [2.05, 4.69) is 5.32 Å². The summed E-state index contributed by atoms with van der Waals surface area (Å²) in [7, 11) is -3.44. The van der Waals surface area contributed by atoms with E-state index in [-0.39, 0.29) is 30.2 Å². The topological polar surface area (TPSA) is 66.5 Å². The number of nitrogens with zero attached hydrogens (tertiary/aromatic N) is 1. The van der Waals surface area contributed by atoms with Gasteiger partial charge in [0.05, 0.1) is 11.7 Å². The standard InChI is InChI=1S/C17H25ClN2O3S/c1-3-13(2)19-17(21)15-5-4-10-20(11-15)24(22,23)12-14-6-8-16(18)9-7-14/h6-9,13,15H,3-5,10-12H2,1-2H3,(H,19,21)/t13-,15-/m0/s1. The van der Waals surface area contributed by atoms with E-state index in [0.717, 1.165) is 12.8 Å². The summed E-state index contributed by atoms with van der Waals surface area (Å²) in [5, 5.41) is 3.53. The average molecular weight is 373 g/mol. The van der Waals surface area contributed by atoms with Gasteiger partial charge in [0.15, 0.2) is 0 Å². The monoisotopic (exact) mass is 372 g/mol. The molecule has 1 aromatic carbocycles. The van der Waals surface area contributed by atoms with Gasteiger partial charge in [-0.2, -0.15) is 0 Å². The van der Waals surface area contributed by atoms with Crippen LogP contribution in [0.1, 0.15) is 38.7 Å². The number of hydrogen-bond donors (Lipinski definition) is 1. The fourth-order valence-corrected chi connectivity index (χ4v) is 4.49. The second kappa shape index (κ2) is 8.32. The second-order valence-electron chi connectivity index (χ2n) is 6.40. The Hall–Kier alpha value is -1.11. The summed E-state index contributed by atoms with van der Waals surface area (Å²) < 4.78 is 26.7. The molecular weight excluding hydrogens is 348 g/mol. The lowest BCUT2D eigenvalue weighted by atomic mass is 9.98. The van der Waals surface area contributed by atoms with Crippen molar-refractivity contribution in [1.29, 1.82) is 0 Å². The average Bonchev–Trinajstić information content (AvgIpc) is 2.56. The highest BCUT2D eigenvalue weighted by molar-refractivity contribution is 7.88. The Labute approximate surface area is 149 Å². The Balaban J connectivity index is 2.02. The van der Waals surface area contributed by atoms with Gasteiger partial charge < -0.3 is 5.32 Å². The maximum absolute atomic E-state index is 12.6. The third-order valence-corrected chi connectivity index (χ3v) is 6.48. The molecule has 2 atom stereocenters. The number of benzene rings is 1. The lowest BCUT2D eigenvalue weighted by Gasteiger charge is -2.31. The molecule has 5 nitrogen and oxygen atoms in total. The third-order valence-electron chi connectivity index (χ3n) is 4.41. The highest BCUT2D eigenvalue weighted by atomic mass is 35.5. The Bertz CT molecular complexity index is 661. The van der Waals surface area contributed by atoms with Crippen LogP contribution in [0.15, 0.2) is 24.3 Å². The molecule has 134 valence electrons. The van der Waals surface area contributed by atoms with Crippen molar-refractivity contribution in [2.45, 2.75) is 44.9 Å². The molecule has 2 rings (SSSR count). The van der Waals surface area contributed by atoms with Gasteiger partial charge in [-0.25, -0.2) is 12.7 Å². The molecule has 0 saturated carbocycles. The first-order valence-electron chi connectivity index (χ1n) is 8.34. The van der Waals surface area contributed by atoms with Crippen molar-refractivity contribution in [2.24, 2.45) is 5.92 Å². The molecule has 1 N–H and O–H groups in total. The van der Waals surface area contributed by atoms with Crippen LogP contribution >= 0.6 is 11.6 Å². The molecule has 24 heavy (non-hydrogen) atoms. The lowest BCUT2D eigenvalue weighted by Crippen LogP contribution is -2.47. The van der Waals surface area contributed by atoms with Gasteiger partial charge in [0, 0.05) is 24.2 Å². The van der Waals surface area contributed by atoms with Gasteiger partial charge in [0.25, 0.3) is 0 Å². The minimum absolute atomic E-state index is 0.0456. The molecule has 0 bridgehead atoms. The molecule has 1 heterocycles. The highest BCUT2D eigenvalue weighted by Crippen LogP contribution is 2.22. The normalized spacial score (nSPS) is 20.5. The SMILES string of the molecule is CC[C@H](C)NC(=O)[C@H]1CCCN(S(=O)(=O)Cc2ccc(Cl)cc2)C1. The lowest BCUT2D eigenvalue weighted by molar-refractivity contribution is -0.126. The van der Waals surface area contributed by atoms with E-state index in [1.165, 1.54) is 4.31 Å². The molecule has 0 radical (unpaired) electrons. The van der Waals surface area contributed by atoms with E-state index in [1.54, 1.807) is 24.3 Å². The van der Waals surface area contributed by atoms with Gasteiger partial charge in [0.2, 0.25) is 15.9 Å². The molecule has 7 heteroatoms. The smallest absolute Gasteiger partial charge is 0.224 e. The zero-order valence-corrected chi connectivity index (χ0v) is 15.7. The van der Waals surface area contributed by atoms with Crippen LogP contribution in [0, 0.1) is 5.92 Å². The van der Waals surface area contributed by atoms with Crippen LogP contribution < -0.4 is 5.32 Å². The first-order valence-corrected chi connectivity index (χ1v) is 10.3. The first kappa shape index (κ1) is 19.2. The van der Waals surface area contributed by atoms with Crippen LogP contribution in [0.5, 0.6) is 0 Å². The maximum Gasteiger partial charge on any atom is 0.224 e. The fraction of sp³-hybridized carbons (Fsp3) is 0.588. The van der Waals surface area contributed by atoms with E-state index in [1.807, 2.05) is 13.8 Å². The summed E-state index contributed by atoms with van der Waals surface area (Å²) in [5.41, 5.74) is 0.700. The molecular formula is C17H25ClN2O3S. The van der Waals surface area contributed by atoms with Crippen molar-refractivity contribution >= 4 is 27.5 Å². The van der Waals surface area contributed by atoms with E-state index < -0.39 is 10.0 Å². The number of piperidine rings is 1. The fourth-order valence-electron chi connectivity index (χ4n) is 2.75. The Kier molecular flexibility index (Phi) is 6.66. The minimum Gasteiger partial charge on any atom is -0.353 e. The summed E-state index contributed by atoms with van der Waals surface area (Å²) in [6, 6.07) is 6.92. The summed E-state index contributed by atoms with van der Waals surface area (Å²) >= 11 is 5.83. The molecule has 0 unspecified atom stereocenters. The van der Waals surface area contributed by atoms with Crippen molar-refractivity contribution in [1.82, 2.24) is 9.62 Å². The number of rotatable bonds is 6. The first-order chi connectivity index (χ1) is 11.3. The summed E-state index contributed by atoms with van der Waals surface area (Å²) in [6.45, 7) is 4.70. The largest absolute Gasteiger partial charge is 0.353 e. The zero-order chi connectivity index (χ0) is 17.7. The van der Waals surface area contributed by atoms with Crippen LogP contribution in [0.4, 0.5) is 0 Å². The number of nitrogens with one attached hydrogen (secondary N) is 1. The summed E-state index contributed by atoms with van der Waals surface area (Å²) in [4.78, 5) is 12.3. The predicted octanol–water partition coefficient (Wildman–Crippen LogP) is 2.80. The molecule has 0 spiro atoms. The molecule has 1 aliphatic rings. The molecule has 1 aliphatic heterocycles. The van der Waals surface area contributed by atoms with Crippen molar-refractivity contribution < 1.29 is 13.2 Å². The number of amides is 1. The number of sulfonamides is 1. The summed E-state index contributed by atoms with van der Waals surface area (Å²) in [6.07, 6.45) is 2.30. The van der Waals surface area contributed by atoms with Gasteiger partial charge in [-0.3, -0.25) is 4.79 Å². The maximum atomic E-state index is 12.6. The number of carbonyl (C=O) groups excluding carboxylic acids is 1. The Morgan fingerprint density at radius 2 is 2.04 bits per heavy atom. The van der Waals surface area contributed by atoms with Crippen LogP contribution in [0.3, 0.4) is 0 Å². The van der Waals surface area contributed by atoms with Gasteiger partial charge in [-0.05, 0) is 43.9 Å². The van der Waals surface area contributed by atoms with Gasteiger partial charge >= 0.3 is 0 Å². The van der Waals surface area contributed by atoms with Gasteiger partial charge in [-0.15, -0.1) is 0 Å². The van der Waals surface area contributed by atoms with Gasteiger partial charge in [-0.1, -0.05) is 30.7 Å². The van der Waals surface area contributed by atoms with Crippen LogP contribution in [-0.2, 0) is 20.6 Å². The van der Waals surface area contributed by atoms with Crippen LogP contribution in [0.25, 0.3) is 0 Å². The quantitative estimate of drug-likeness (QED) is 0.834. The van der Waals surface area contributed by atoms with E-state index in [9.17, 15) is 13.2 Å². The molecule has 1 amide bonds. The predicted molar refractivity (Wildman–Crippen MR) is 96.3 cm³/mol. The molecule has 0 aromatic heterocycles. The van der Waals surface area contributed by atoms with E-state index in [0.29, 0.717) is 23.6 Å². The number of hydrogen-bond acceptors (Lipinski definition) is 3. The third kappa shape index (κ3) is 5.19. The van der Waals surface area contributed by atoms with Crippen molar-refractivity contribution in [3.63, 3.8) is 0 Å². The second-order valence-corrected chi connectivity index (χ2v) is 8.80. The van der Waals surface area contributed by atoms with Crippen molar-refractivity contribution in [3.8, 4) is 0 Å². The molecule has 1 saturated heterocycles. The van der Waals surface area contributed by atoms with E-state index >= 15 is 0 Å². The molecule has 1 aromatic rings. The van der Waals surface area contributed by atoms with Crippen LogP contribution in [-0.4, -0.2) is 37.8 Å². The Morgan fingerprint density at radius 1 is 1.38 bits per heavy atom. The molecule has 0 aliphatic carbocycles. The zero-order valence-electron chi connectivity index (χ0n) is 14.2.